The van der Waals surface area contributed by atoms with Gasteiger partial charge in [0.2, 0.25) is 0 Å². The van der Waals surface area contributed by atoms with E-state index in [9.17, 15) is 0 Å². The van der Waals surface area contributed by atoms with Crippen molar-refractivity contribution in [2.75, 3.05) is 39.3 Å². The number of hydrogen-bond acceptors (Lipinski definition) is 4. The number of morpholine rings is 1. The van der Waals surface area contributed by atoms with Crippen LogP contribution >= 0.6 is 0 Å². The molecular weight excluding hydrogens is 400 g/mol. The zero-order chi connectivity index (χ0) is 22.5. The Bertz CT molecular complexity index is 895. The van der Waals surface area contributed by atoms with Gasteiger partial charge in [0, 0.05) is 51.5 Å². The van der Waals surface area contributed by atoms with Crippen LogP contribution in [0.4, 0.5) is 0 Å². The molecule has 2 aliphatic rings. The highest BCUT2D eigenvalue weighted by Gasteiger charge is 2.41. The first kappa shape index (κ1) is 22.8. The van der Waals surface area contributed by atoms with Gasteiger partial charge in [-0.05, 0) is 38.3 Å². The summed E-state index contributed by atoms with van der Waals surface area (Å²) in [6.45, 7) is 15.7. The summed E-state index contributed by atoms with van der Waals surface area (Å²) in [7, 11) is 0. The van der Waals surface area contributed by atoms with Crippen LogP contribution in [0.1, 0.15) is 30.8 Å². The molecule has 3 unspecified atom stereocenters. The van der Waals surface area contributed by atoms with Crippen molar-refractivity contribution in [1.29, 1.82) is 0 Å². The number of fused-ring (bicyclic) bond motifs is 1. The summed E-state index contributed by atoms with van der Waals surface area (Å²) in [6.07, 6.45) is 0.239. The number of nitrogens with zero attached hydrogens (tertiary/aromatic N) is 5. The van der Waals surface area contributed by atoms with Crippen LogP contribution in [0.15, 0.2) is 41.4 Å². The molecule has 1 N–H and O–H groups in total. The van der Waals surface area contributed by atoms with E-state index in [0.717, 1.165) is 64.1 Å². The fraction of sp³-hybridized carbons (Fsp3) is 0.600. The highest BCUT2D eigenvalue weighted by Crippen LogP contribution is 2.24. The molecule has 7 heteroatoms. The third-order valence-electron chi connectivity index (χ3n) is 6.42. The standard InChI is InChI=1S/C25H38N6O/c1-5-26-25(27-14-19(2)15-31-21(4)13-20(3)28-31)30-17-23-24(18-30)32-12-11-29(23)16-22-9-7-6-8-10-22/h6-10,13,19,23-24H,5,11-12,14-18H2,1-4H3,(H,26,27). The smallest absolute Gasteiger partial charge is 0.194 e. The topological polar surface area (TPSA) is 57.9 Å². The number of likely N-dealkylation sites (tertiary alicyclic amines) is 1. The van der Waals surface area contributed by atoms with Crippen molar-refractivity contribution in [2.24, 2.45) is 10.9 Å². The zero-order valence-electron chi connectivity index (χ0n) is 20.0. The monoisotopic (exact) mass is 438 g/mol. The lowest BCUT2D eigenvalue weighted by Gasteiger charge is -2.36. The van der Waals surface area contributed by atoms with E-state index in [-0.39, 0.29) is 6.10 Å². The van der Waals surface area contributed by atoms with Gasteiger partial charge in [-0.25, -0.2) is 0 Å². The molecule has 32 heavy (non-hydrogen) atoms. The molecule has 3 atom stereocenters. The van der Waals surface area contributed by atoms with Gasteiger partial charge >= 0.3 is 0 Å². The van der Waals surface area contributed by atoms with Gasteiger partial charge in [-0.2, -0.15) is 5.10 Å². The summed E-state index contributed by atoms with van der Waals surface area (Å²) in [6, 6.07) is 13.3. The van der Waals surface area contributed by atoms with Crippen LogP contribution in [0.2, 0.25) is 0 Å². The summed E-state index contributed by atoms with van der Waals surface area (Å²) in [5.74, 6) is 1.42. The number of rotatable bonds is 7. The molecule has 0 aliphatic carbocycles. The highest BCUT2D eigenvalue weighted by molar-refractivity contribution is 5.80. The van der Waals surface area contributed by atoms with Crippen molar-refractivity contribution in [3.8, 4) is 0 Å². The van der Waals surface area contributed by atoms with Crippen molar-refractivity contribution in [1.82, 2.24) is 24.9 Å². The minimum atomic E-state index is 0.239. The maximum atomic E-state index is 6.17. The molecule has 0 saturated carbocycles. The van der Waals surface area contributed by atoms with E-state index in [0.29, 0.717) is 12.0 Å². The fourth-order valence-corrected chi connectivity index (χ4v) is 4.83. The summed E-state index contributed by atoms with van der Waals surface area (Å²) in [5, 5.41) is 8.12. The van der Waals surface area contributed by atoms with Crippen LogP contribution in [-0.2, 0) is 17.8 Å². The Kier molecular flexibility index (Phi) is 7.48. The van der Waals surface area contributed by atoms with Crippen LogP contribution < -0.4 is 5.32 Å². The number of nitrogens with one attached hydrogen (secondary N) is 1. The van der Waals surface area contributed by atoms with Gasteiger partial charge in [-0.15, -0.1) is 0 Å². The Hall–Kier alpha value is -2.38. The maximum absolute atomic E-state index is 6.17. The van der Waals surface area contributed by atoms with Gasteiger partial charge in [0.1, 0.15) is 0 Å². The molecule has 0 bridgehead atoms. The Labute approximate surface area is 192 Å². The van der Waals surface area contributed by atoms with Crippen molar-refractivity contribution in [3.63, 3.8) is 0 Å². The van der Waals surface area contributed by atoms with Crippen LogP contribution in [0.3, 0.4) is 0 Å². The number of aliphatic imine (C=N–C) groups is 1. The molecule has 2 saturated heterocycles. The quantitative estimate of drug-likeness (QED) is 0.532. The number of benzene rings is 1. The van der Waals surface area contributed by atoms with Crippen molar-refractivity contribution < 1.29 is 4.74 Å². The van der Waals surface area contributed by atoms with E-state index in [2.05, 4.69) is 82.1 Å². The summed E-state index contributed by atoms with van der Waals surface area (Å²) in [5.41, 5.74) is 3.65. The molecule has 2 aromatic rings. The number of hydrogen-bond donors (Lipinski definition) is 1. The lowest BCUT2D eigenvalue weighted by atomic mass is 10.1. The average Bonchev–Trinajstić information content (AvgIpc) is 3.35. The molecular formula is C25H38N6O. The van der Waals surface area contributed by atoms with Crippen LogP contribution in [0.5, 0.6) is 0 Å². The minimum absolute atomic E-state index is 0.239. The van der Waals surface area contributed by atoms with E-state index >= 15 is 0 Å². The third kappa shape index (κ3) is 5.51. The van der Waals surface area contributed by atoms with Crippen LogP contribution in [0.25, 0.3) is 0 Å². The van der Waals surface area contributed by atoms with Gasteiger partial charge < -0.3 is 15.0 Å². The van der Waals surface area contributed by atoms with E-state index in [1.54, 1.807) is 0 Å². The molecule has 2 aliphatic heterocycles. The molecule has 0 spiro atoms. The molecule has 4 rings (SSSR count). The van der Waals surface area contributed by atoms with Gasteiger partial charge in [-0.1, -0.05) is 37.3 Å². The van der Waals surface area contributed by atoms with Gasteiger partial charge in [0.15, 0.2) is 5.96 Å². The second-order valence-electron chi connectivity index (χ2n) is 9.25. The van der Waals surface area contributed by atoms with Crippen LogP contribution in [0, 0.1) is 19.8 Å². The lowest BCUT2D eigenvalue weighted by Crippen LogP contribution is -2.50. The minimum Gasteiger partial charge on any atom is -0.373 e. The Balaban J connectivity index is 1.39. The van der Waals surface area contributed by atoms with E-state index in [1.165, 1.54) is 11.3 Å². The number of aryl methyl sites for hydroxylation is 2. The lowest BCUT2D eigenvalue weighted by molar-refractivity contribution is -0.0502. The second kappa shape index (κ2) is 10.5. The maximum Gasteiger partial charge on any atom is 0.194 e. The normalized spacial score (nSPS) is 22.8. The highest BCUT2D eigenvalue weighted by atomic mass is 16.5. The Morgan fingerprint density at radius 3 is 2.78 bits per heavy atom. The first-order chi connectivity index (χ1) is 15.5. The molecule has 174 valence electrons. The van der Waals surface area contributed by atoms with Gasteiger partial charge in [-0.3, -0.25) is 14.6 Å². The Morgan fingerprint density at radius 2 is 2.06 bits per heavy atom. The SMILES string of the molecule is CCNC(=NCC(C)Cn1nc(C)cc1C)N1CC2OCCN(Cc3ccccc3)C2C1. The van der Waals surface area contributed by atoms with E-state index in [1.807, 2.05) is 6.92 Å². The molecule has 7 nitrogen and oxygen atoms in total. The van der Waals surface area contributed by atoms with Gasteiger partial charge in [0.05, 0.1) is 24.4 Å². The summed E-state index contributed by atoms with van der Waals surface area (Å²) < 4.78 is 8.27. The van der Waals surface area contributed by atoms with Gasteiger partial charge in [0.25, 0.3) is 0 Å². The predicted molar refractivity (Wildman–Crippen MR) is 129 cm³/mol. The van der Waals surface area contributed by atoms with Crippen molar-refractivity contribution >= 4 is 5.96 Å². The summed E-state index contributed by atoms with van der Waals surface area (Å²) in [4.78, 5) is 9.98. The second-order valence-corrected chi connectivity index (χ2v) is 9.25. The molecule has 1 aromatic carbocycles. The summed E-state index contributed by atoms with van der Waals surface area (Å²) >= 11 is 0. The molecule has 0 radical (unpaired) electrons. The first-order valence-electron chi connectivity index (χ1n) is 12.0. The molecule has 1 aromatic heterocycles. The first-order valence-corrected chi connectivity index (χ1v) is 12.0. The predicted octanol–water partition coefficient (Wildman–Crippen LogP) is 2.69. The van der Waals surface area contributed by atoms with E-state index < -0.39 is 0 Å². The molecule has 0 amide bonds. The van der Waals surface area contributed by atoms with E-state index in [4.69, 9.17) is 9.73 Å². The zero-order valence-corrected chi connectivity index (χ0v) is 20.0. The van der Waals surface area contributed by atoms with Crippen molar-refractivity contribution in [2.45, 2.75) is 52.9 Å². The average molecular weight is 439 g/mol. The molecule has 3 heterocycles. The fourth-order valence-electron chi connectivity index (χ4n) is 4.83. The van der Waals surface area contributed by atoms with Crippen molar-refractivity contribution in [3.05, 3.63) is 53.3 Å². The van der Waals surface area contributed by atoms with Crippen LogP contribution in [-0.4, -0.2) is 77.0 Å². The number of guanidine groups is 1. The third-order valence-corrected chi connectivity index (χ3v) is 6.42. The largest absolute Gasteiger partial charge is 0.373 e. The number of ether oxygens (including phenoxy) is 1. The number of aromatic nitrogens is 2. The molecule has 2 fully saturated rings. The Morgan fingerprint density at radius 1 is 1.25 bits per heavy atom.